The van der Waals surface area contributed by atoms with Crippen LogP contribution in [0.15, 0.2) is 18.2 Å². The van der Waals surface area contributed by atoms with Gasteiger partial charge in [0.1, 0.15) is 0 Å². The number of aliphatic hydroxyl groups is 1. The van der Waals surface area contributed by atoms with Crippen molar-refractivity contribution in [3.63, 3.8) is 0 Å². The van der Waals surface area contributed by atoms with Gasteiger partial charge in [-0.15, -0.1) is 0 Å². The third-order valence-electron chi connectivity index (χ3n) is 3.98. The van der Waals surface area contributed by atoms with Crippen molar-refractivity contribution in [2.45, 2.75) is 37.9 Å². The lowest BCUT2D eigenvalue weighted by Crippen LogP contribution is -2.38. The monoisotopic (exact) mass is 335 g/mol. The van der Waals surface area contributed by atoms with Crippen molar-refractivity contribution in [1.82, 2.24) is 5.32 Å². The van der Waals surface area contributed by atoms with Crippen LogP contribution in [0.5, 0.6) is 0 Å². The molecule has 122 valence electrons. The fraction of sp³-hybridized carbons (Fsp3) is 0.533. The van der Waals surface area contributed by atoms with Crippen molar-refractivity contribution in [2.75, 3.05) is 6.61 Å². The minimum atomic E-state index is -4.52. The number of amides is 1. The number of nitrogens with one attached hydrogen (secondary N) is 1. The molecule has 22 heavy (non-hydrogen) atoms. The van der Waals surface area contributed by atoms with E-state index in [0.717, 1.165) is 31.0 Å². The molecule has 0 aromatic heterocycles. The number of aliphatic hydroxyl groups excluding tert-OH is 1. The minimum absolute atomic E-state index is 0.00505. The van der Waals surface area contributed by atoms with Crippen LogP contribution in [0.1, 0.15) is 41.6 Å². The first-order chi connectivity index (χ1) is 10.3. The summed E-state index contributed by atoms with van der Waals surface area (Å²) >= 11 is 5.84. The highest BCUT2D eigenvalue weighted by Gasteiger charge is 2.32. The number of hydrogen-bond donors (Lipinski definition) is 2. The predicted octanol–water partition coefficient (Wildman–Crippen LogP) is 3.64. The minimum Gasteiger partial charge on any atom is -0.396 e. The Bertz CT molecular complexity index is 540. The molecule has 0 spiro atoms. The second kappa shape index (κ2) is 6.87. The van der Waals surface area contributed by atoms with Crippen LogP contribution in [0.4, 0.5) is 13.2 Å². The summed E-state index contributed by atoms with van der Waals surface area (Å²) in [6.45, 7) is 0.125. The highest BCUT2D eigenvalue weighted by Crippen LogP contribution is 2.32. The van der Waals surface area contributed by atoms with E-state index in [9.17, 15) is 18.0 Å². The van der Waals surface area contributed by atoms with Gasteiger partial charge in [-0.25, -0.2) is 0 Å². The molecule has 1 aliphatic carbocycles. The predicted molar refractivity (Wildman–Crippen MR) is 76.8 cm³/mol. The van der Waals surface area contributed by atoms with Gasteiger partial charge in [0.25, 0.3) is 5.91 Å². The maximum Gasteiger partial charge on any atom is 0.416 e. The van der Waals surface area contributed by atoms with E-state index < -0.39 is 17.6 Å². The summed E-state index contributed by atoms with van der Waals surface area (Å²) in [7, 11) is 0. The summed E-state index contributed by atoms with van der Waals surface area (Å²) < 4.78 is 38.1. The number of halogens is 4. The Labute approximate surface area is 131 Å². The average Bonchev–Trinajstić information content (AvgIpc) is 2.47. The van der Waals surface area contributed by atoms with Gasteiger partial charge in [-0.3, -0.25) is 4.79 Å². The lowest BCUT2D eigenvalue weighted by atomic mass is 9.86. The van der Waals surface area contributed by atoms with Gasteiger partial charge in [-0.1, -0.05) is 11.6 Å². The summed E-state index contributed by atoms with van der Waals surface area (Å²) in [6, 6.07) is 2.62. The first-order valence-corrected chi connectivity index (χ1v) is 7.47. The maximum atomic E-state index is 12.7. The fourth-order valence-corrected chi connectivity index (χ4v) is 2.83. The Morgan fingerprint density at radius 1 is 1.27 bits per heavy atom. The van der Waals surface area contributed by atoms with Gasteiger partial charge >= 0.3 is 6.18 Å². The molecule has 0 aliphatic heterocycles. The van der Waals surface area contributed by atoms with Gasteiger partial charge in [0.2, 0.25) is 0 Å². The largest absolute Gasteiger partial charge is 0.416 e. The van der Waals surface area contributed by atoms with Gasteiger partial charge in [-0.2, -0.15) is 13.2 Å². The van der Waals surface area contributed by atoms with Gasteiger partial charge in [0.15, 0.2) is 0 Å². The van der Waals surface area contributed by atoms with Crippen molar-refractivity contribution in [1.29, 1.82) is 0 Å². The van der Waals surface area contributed by atoms with E-state index in [-0.39, 0.29) is 29.2 Å². The van der Waals surface area contributed by atoms with E-state index in [1.54, 1.807) is 0 Å². The van der Waals surface area contributed by atoms with Crippen molar-refractivity contribution >= 4 is 17.5 Å². The summed E-state index contributed by atoms with van der Waals surface area (Å²) in [5.74, 6) is -0.353. The number of rotatable bonds is 3. The van der Waals surface area contributed by atoms with Crippen LogP contribution in [0, 0.1) is 5.92 Å². The Morgan fingerprint density at radius 3 is 2.45 bits per heavy atom. The third kappa shape index (κ3) is 4.14. The van der Waals surface area contributed by atoms with Crippen molar-refractivity contribution in [3.8, 4) is 0 Å². The van der Waals surface area contributed by atoms with E-state index in [4.69, 9.17) is 16.7 Å². The van der Waals surface area contributed by atoms with Crippen LogP contribution in [0.25, 0.3) is 0 Å². The van der Waals surface area contributed by atoms with Gasteiger partial charge in [-0.05, 0) is 49.8 Å². The molecule has 0 bridgehead atoms. The number of benzene rings is 1. The van der Waals surface area contributed by atoms with Crippen LogP contribution in [0.3, 0.4) is 0 Å². The summed E-state index contributed by atoms with van der Waals surface area (Å²) in [5, 5.41) is 11.8. The SMILES string of the molecule is O=C(N[C@H]1CC[C@H](CO)CC1)c1cc(C(F)(F)F)ccc1Cl. The topological polar surface area (TPSA) is 49.3 Å². The fourth-order valence-electron chi connectivity index (χ4n) is 2.63. The molecule has 1 aromatic rings. The summed E-state index contributed by atoms with van der Waals surface area (Å²) in [6.07, 6.45) is -1.53. The lowest BCUT2D eigenvalue weighted by Gasteiger charge is -2.28. The number of alkyl halides is 3. The molecule has 2 N–H and O–H groups in total. The van der Waals surface area contributed by atoms with Crippen molar-refractivity contribution < 1.29 is 23.1 Å². The molecular weight excluding hydrogens is 319 g/mol. The van der Waals surface area contributed by atoms with Crippen LogP contribution in [-0.4, -0.2) is 23.7 Å². The number of carbonyl (C=O) groups is 1. The molecule has 7 heteroatoms. The van der Waals surface area contributed by atoms with E-state index in [1.807, 2.05) is 0 Å². The highest BCUT2D eigenvalue weighted by molar-refractivity contribution is 6.33. The summed E-state index contributed by atoms with van der Waals surface area (Å²) in [4.78, 5) is 12.2. The zero-order valence-corrected chi connectivity index (χ0v) is 12.5. The van der Waals surface area contributed by atoms with Crippen LogP contribution in [0.2, 0.25) is 5.02 Å². The normalized spacial score (nSPS) is 22.4. The van der Waals surface area contributed by atoms with Crippen LogP contribution >= 0.6 is 11.6 Å². The Balaban J connectivity index is 2.06. The Morgan fingerprint density at radius 2 is 1.91 bits per heavy atom. The molecule has 1 amide bonds. The van der Waals surface area contributed by atoms with E-state index in [0.29, 0.717) is 12.8 Å². The average molecular weight is 336 g/mol. The first-order valence-electron chi connectivity index (χ1n) is 7.09. The molecular formula is C15H17ClF3NO2. The summed E-state index contributed by atoms with van der Waals surface area (Å²) in [5.41, 5.74) is -1.06. The van der Waals surface area contributed by atoms with Crippen molar-refractivity contribution in [2.24, 2.45) is 5.92 Å². The van der Waals surface area contributed by atoms with Crippen LogP contribution in [-0.2, 0) is 6.18 Å². The smallest absolute Gasteiger partial charge is 0.396 e. The highest BCUT2D eigenvalue weighted by atomic mass is 35.5. The molecule has 3 nitrogen and oxygen atoms in total. The number of hydrogen-bond acceptors (Lipinski definition) is 2. The van der Waals surface area contributed by atoms with Gasteiger partial charge in [0, 0.05) is 12.6 Å². The molecule has 1 aromatic carbocycles. The third-order valence-corrected chi connectivity index (χ3v) is 4.31. The van der Waals surface area contributed by atoms with E-state index >= 15 is 0 Å². The second-order valence-electron chi connectivity index (χ2n) is 5.57. The Kier molecular flexibility index (Phi) is 5.34. The lowest BCUT2D eigenvalue weighted by molar-refractivity contribution is -0.137. The second-order valence-corrected chi connectivity index (χ2v) is 5.97. The zero-order valence-electron chi connectivity index (χ0n) is 11.8. The van der Waals surface area contributed by atoms with Crippen LogP contribution < -0.4 is 5.32 Å². The molecule has 0 heterocycles. The Hall–Kier alpha value is -1.27. The number of carbonyl (C=O) groups excluding carboxylic acids is 1. The van der Waals surface area contributed by atoms with Gasteiger partial charge < -0.3 is 10.4 Å². The van der Waals surface area contributed by atoms with E-state index in [2.05, 4.69) is 5.32 Å². The molecule has 0 atom stereocenters. The molecule has 0 radical (unpaired) electrons. The molecule has 1 fully saturated rings. The first kappa shape index (κ1) is 17.1. The molecule has 1 aliphatic rings. The molecule has 2 rings (SSSR count). The zero-order chi connectivity index (χ0) is 16.3. The molecule has 0 saturated heterocycles. The quantitative estimate of drug-likeness (QED) is 0.886. The molecule has 0 unspecified atom stereocenters. The maximum absolute atomic E-state index is 12.7. The molecule has 1 saturated carbocycles. The van der Waals surface area contributed by atoms with Gasteiger partial charge in [0.05, 0.1) is 16.1 Å². The van der Waals surface area contributed by atoms with Crippen molar-refractivity contribution in [3.05, 3.63) is 34.3 Å². The van der Waals surface area contributed by atoms with E-state index in [1.165, 1.54) is 0 Å². The standard InChI is InChI=1S/C15H17ClF3NO2/c16-13-6-3-10(15(17,18)19)7-12(13)14(22)20-11-4-1-9(8-21)2-5-11/h3,6-7,9,11,21H,1-2,4-5,8H2,(H,20,22)/t9-,11-.